The van der Waals surface area contributed by atoms with Gasteiger partial charge in [-0.25, -0.2) is 18.1 Å². The molecule has 4 rings (SSSR count). The number of nitrogen functional groups attached to an aromatic ring is 1. The molecule has 204 valence electrons. The molecule has 1 aliphatic rings. The van der Waals surface area contributed by atoms with E-state index in [4.69, 9.17) is 5.73 Å². The molecule has 0 unspecified atom stereocenters. The molecule has 1 aliphatic heterocycles. The molecule has 10 heteroatoms. The van der Waals surface area contributed by atoms with Crippen molar-refractivity contribution < 1.29 is 18.3 Å². The lowest BCUT2D eigenvalue weighted by atomic mass is 10.0. The minimum absolute atomic E-state index is 0.0432. The number of nitrogens with zero attached hydrogens (tertiary/aromatic N) is 2. The lowest BCUT2D eigenvalue weighted by Crippen LogP contribution is -2.27. The fourth-order valence-electron chi connectivity index (χ4n) is 4.42. The smallest absolute Gasteiger partial charge is 0.259 e. The zero-order valence-corrected chi connectivity index (χ0v) is 23.3. The first kappa shape index (κ1) is 28.1. The van der Waals surface area contributed by atoms with Crippen molar-refractivity contribution in [2.75, 3.05) is 29.5 Å². The van der Waals surface area contributed by atoms with Crippen molar-refractivity contribution in [1.29, 1.82) is 0 Å². The van der Waals surface area contributed by atoms with Gasteiger partial charge in [0.1, 0.15) is 11.4 Å². The van der Waals surface area contributed by atoms with E-state index in [-0.39, 0.29) is 22.3 Å². The number of hydrogen-bond acceptors (Lipinski definition) is 7. The molecule has 2 aromatic carbocycles. The van der Waals surface area contributed by atoms with E-state index in [0.29, 0.717) is 22.4 Å². The fourth-order valence-corrected chi connectivity index (χ4v) is 5.21. The number of sulfonamides is 1. The number of anilines is 3. The van der Waals surface area contributed by atoms with E-state index in [1.165, 1.54) is 13.2 Å². The van der Waals surface area contributed by atoms with Gasteiger partial charge in [0, 0.05) is 41.3 Å². The van der Waals surface area contributed by atoms with Gasteiger partial charge in [0.15, 0.2) is 0 Å². The maximum atomic E-state index is 13.2. The fraction of sp³-hybridized carbons (Fsp3) is 0.310. The molecule has 9 nitrogen and oxygen atoms in total. The normalized spacial score (nSPS) is 15.5. The Kier molecular flexibility index (Phi) is 7.97. The minimum atomic E-state index is -3.72. The first-order valence-electron chi connectivity index (χ1n) is 12.6. The van der Waals surface area contributed by atoms with Crippen LogP contribution in [0.1, 0.15) is 49.5 Å². The number of amides is 1. The van der Waals surface area contributed by atoms with Crippen molar-refractivity contribution in [3.63, 3.8) is 0 Å². The Morgan fingerprint density at radius 2 is 1.95 bits per heavy atom. The zero-order valence-electron chi connectivity index (χ0n) is 22.4. The third-order valence-corrected chi connectivity index (χ3v) is 7.88. The van der Waals surface area contributed by atoms with E-state index >= 15 is 0 Å². The highest BCUT2D eigenvalue weighted by Gasteiger charge is 2.24. The Bertz CT molecular complexity index is 1570. The lowest BCUT2D eigenvalue weighted by Gasteiger charge is -2.25. The van der Waals surface area contributed by atoms with Gasteiger partial charge in [-0.3, -0.25) is 4.79 Å². The number of aromatic nitrogens is 1. The third-order valence-electron chi connectivity index (χ3n) is 6.48. The summed E-state index contributed by atoms with van der Waals surface area (Å²) in [5.74, 6) is 5.20. The number of carbonyl (C=O) groups excluding carboxylic acids is 1. The van der Waals surface area contributed by atoms with Gasteiger partial charge in [0.2, 0.25) is 10.0 Å². The molecule has 0 radical (unpaired) electrons. The second-order valence-electron chi connectivity index (χ2n) is 10.1. The molecule has 0 spiro atoms. The molecule has 0 bridgehead atoms. The maximum Gasteiger partial charge on any atom is 0.259 e. The van der Waals surface area contributed by atoms with E-state index in [0.717, 1.165) is 25.1 Å². The molecule has 0 saturated carbocycles. The number of carbonyl (C=O) groups is 1. The Hall–Kier alpha value is -3.91. The summed E-state index contributed by atoms with van der Waals surface area (Å²) in [6.45, 7) is 6.13. The Labute approximate surface area is 229 Å². The van der Waals surface area contributed by atoms with Crippen LogP contribution in [0.4, 0.5) is 17.2 Å². The summed E-state index contributed by atoms with van der Waals surface area (Å²) >= 11 is 0. The minimum Gasteiger partial charge on any atom is -0.383 e. The van der Waals surface area contributed by atoms with E-state index < -0.39 is 21.5 Å². The van der Waals surface area contributed by atoms with Gasteiger partial charge in [-0.1, -0.05) is 17.9 Å². The van der Waals surface area contributed by atoms with Gasteiger partial charge >= 0.3 is 0 Å². The second-order valence-corrected chi connectivity index (χ2v) is 12.0. The number of nitrogens with two attached hydrogens (primary N) is 1. The standard InChI is InChI=1S/C29H33N5O4S/c1-19-7-6-12-34(19)24-14-21(15-25(17-24)39(37,38)31-4)22-16-26(27(30)32-18-22)28(35)33-23-9-5-8-20(13-23)10-11-29(2,3)36/h5,8-9,13-19,31,36H,6-7,12H2,1-4H3,(H2,30,32)(H,33,35)/t19-/m1/s1. The molecule has 3 aromatic rings. The van der Waals surface area contributed by atoms with E-state index in [9.17, 15) is 18.3 Å². The summed E-state index contributed by atoms with van der Waals surface area (Å²) < 4.78 is 27.9. The first-order valence-corrected chi connectivity index (χ1v) is 14.1. The summed E-state index contributed by atoms with van der Waals surface area (Å²) in [5.41, 5.74) is 8.16. The SMILES string of the molecule is CNS(=O)(=O)c1cc(-c2cnc(N)c(C(=O)Nc3cccc(C#CC(C)(C)O)c3)c2)cc(N2CCC[C@H]2C)c1. The van der Waals surface area contributed by atoms with Crippen LogP contribution < -0.4 is 20.7 Å². The number of hydrogen-bond donors (Lipinski definition) is 4. The second kappa shape index (κ2) is 11.1. The lowest BCUT2D eigenvalue weighted by molar-refractivity contribution is 0.102. The van der Waals surface area contributed by atoms with E-state index in [1.807, 2.05) is 6.07 Å². The summed E-state index contributed by atoms with van der Waals surface area (Å²) in [7, 11) is -2.35. The van der Waals surface area contributed by atoms with Gasteiger partial charge in [-0.15, -0.1) is 0 Å². The molecule has 1 fully saturated rings. The molecule has 2 heterocycles. The van der Waals surface area contributed by atoms with Crippen molar-refractivity contribution in [2.24, 2.45) is 0 Å². The van der Waals surface area contributed by atoms with Gasteiger partial charge in [-0.2, -0.15) is 0 Å². The van der Waals surface area contributed by atoms with Gasteiger partial charge in [0.05, 0.1) is 10.5 Å². The average molecular weight is 548 g/mol. The monoisotopic (exact) mass is 547 g/mol. The van der Waals surface area contributed by atoms with E-state index in [1.54, 1.807) is 56.3 Å². The van der Waals surface area contributed by atoms with Crippen molar-refractivity contribution in [1.82, 2.24) is 9.71 Å². The van der Waals surface area contributed by atoms with Crippen LogP contribution in [0.3, 0.4) is 0 Å². The summed E-state index contributed by atoms with van der Waals surface area (Å²) in [4.78, 5) is 19.8. The zero-order chi connectivity index (χ0) is 28.4. The topological polar surface area (TPSA) is 138 Å². The van der Waals surface area contributed by atoms with Gasteiger partial charge < -0.3 is 21.1 Å². The predicted molar refractivity (Wildman–Crippen MR) is 154 cm³/mol. The van der Waals surface area contributed by atoms with Crippen LogP contribution in [-0.2, 0) is 10.0 Å². The number of aliphatic hydroxyl groups is 1. The van der Waals surface area contributed by atoms with Crippen LogP contribution in [-0.4, -0.2) is 49.7 Å². The number of nitrogens with one attached hydrogen (secondary N) is 2. The van der Waals surface area contributed by atoms with Gasteiger partial charge in [-0.05, 0) is 88.7 Å². The van der Waals surface area contributed by atoms with Crippen molar-refractivity contribution in [3.05, 3.63) is 65.9 Å². The first-order chi connectivity index (χ1) is 18.4. The molecule has 0 aliphatic carbocycles. The molecular weight excluding hydrogens is 514 g/mol. The molecule has 1 saturated heterocycles. The highest BCUT2D eigenvalue weighted by Crippen LogP contribution is 2.33. The Balaban J connectivity index is 1.69. The molecule has 39 heavy (non-hydrogen) atoms. The van der Waals surface area contributed by atoms with Crippen molar-refractivity contribution >= 4 is 33.1 Å². The predicted octanol–water partition coefficient (Wildman–Crippen LogP) is 3.60. The van der Waals surface area contributed by atoms with Crippen LogP contribution in [0.2, 0.25) is 0 Å². The molecule has 1 aromatic heterocycles. The van der Waals surface area contributed by atoms with Crippen LogP contribution >= 0.6 is 0 Å². The van der Waals surface area contributed by atoms with Crippen LogP contribution in [0.15, 0.2) is 59.6 Å². The number of rotatable bonds is 6. The highest BCUT2D eigenvalue weighted by molar-refractivity contribution is 7.89. The highest BCUT2D eigenvalue weighted by atomic mass is 32.2. The molecule has 5 N–H and O–H groups in total. The molecule has 1 amide bonds. The number of pyridine rings is 1. The maximum absolute atomic E-state index is 13.2. The quantitative estimate of drug-likeness (QED) is 0.346. The Morgan fingerprint density at radius 1 is 1.18 bits per heavy atom. The number of benzene rings is 2. The van der Waals surface area contributed by atoms with Crippen LogP contribution in [0.5, 0.6) is 0 Å². The van der Waals surface area contributed by atoms with E-state index in [2.05, 4.69) is 38.7 Å². The average Bonchev–Trinajstić information content (AvgIpc) is 3.33. The van der Waals surface area contributed by atoms with Crippen molar-refractivity contribution in [3.8, 4) is 23.0 Å². The van der Waals surface area contributed by atoms with Gasteiger partial charge in [0.25, 0.3) is 5.91 Å². The van der Waals surface area contributed by atoms with Crippen LogP contribution in [0.25, 0.3) is 11.1 Å². The third kappa shape index (κ3) is 6.75. The van der Waals surface area contributed by atoms with Crippen LogP contribution in [0, 0.1) is 11.8 Å². The molecular formula is C29H33N5O4S. The van der Waals surface area contributed by atoms with Crippen molar-refractivity contribution in [2.45, 2.75) is 50.2 Å². The largest absolute Gasteiger partial charge is 0.383 e. The summed E-state index contributed by atoms with van der Waals surface area (Å²) in [5, 5.41) is 12.7. The summed E-state index contributed by atoms with van der Waals surface area (Å²) in [6, 6.07) is 14.0. The molecule has 1 atom stereocenters. The summed E-state index contributed by atoms with van der Waals surface area (Å²) in [6.07, 6.45) is 3.58. The Morgan fingerprint density at radius 3 is 2.62 bits per heavy atom.